The molecule has 12 atom stereocenters. The van der Waals surface area contributed by atoms with Crippen molar-refractivity contribution in [3.63, 3.8) is 0 Å². The van der Waals surface area contributed by atoms with Crippen molar-refractivity contribution in [1.29, 1.82) is 0 Å². The first kappa shape index (κ1) is 50.1. The van der Waals surface area contributed by atoms with E-state index in [1.54, 1.807) is 4.90 Å². The summed E-state index contributed by atoms with van der Waals surface area (Å²) in [6.45, 7) is 22.1. The largest absolute Gasteiger partial charge is 0.482 e. The van der Waals surface area contributed by atoms with Crippen LogP contribution in [-0.2, 0) is 36.2 Å². The van der Waals surface area contributed by atoms with E-state index < -0.39 is 19.8 Å². The number of carbonyl (C=O) groups is 3. The fraction of sp³-hybridized carbons (Fsp3) is 0.717. The van der Waals surface area contributed by atoms with Gasteiger partial charge < -0.3 is 54.8 Å². The first-order chi connectivity index (χ1) is 32.7. The number of rotatable bonds is 12. The van der Waals surface area contributed by atoms with Gasteiger partial charge in [0, 0.05) is 25.7 Å². The van der Waals surface area contributed by atoms with Crippen molar-refractivity contribution < 1.29 is 37.7 Å². The van der Waals surface area contributed by atoms with E-state index in [0.29, 0.717) is 67.6 Å². The summed E-state index contributed by atoms with van der Waals surface area (Å²) in [6, 6.07) is 20.3. The van der Waals surface area contributed by atoms with Crippen LogP contribution in [0.2, 0.25) is 0 Å². The molecule has 4 heterocycles. The smallest absolute Gasteiger partial charge is 0.444 e. The van der Waals surface area contributed by atoms with Gasteiger partial charge in [-0.3, -0.25) is 0 Å². The summed E-state index contributed by atoms with van der Waals surface area (Å²) in [7, 11) is -0.948. The fourth-order valence-corrected chi connectivity index (χ4v) is 13.7. The SMILES string of the molecule is CC(C)(C)OC(=O)N1CCC[C@H]1CNC(=O)N[C@@H](Cc1ccccc1)B1O[C@@H]2C[C@@H]3C[C@@H](C3(C)C)[C@]2(C)O1.CC1(C)[C@@H]2C[C@H]3OB([C@H](Cc4ccccc4)NC(=O)NC[C@@H]4CCCN4)O[C@@]3(C)[C@H]1C2. The second-order valence-corrected chi connectivity index (χ2v) is 24.2. The Balaban J connectivity index is 0.000000175. The summed E-state index contributed by atoms with van der Waals surface area (Å²) in [6.07, 6.45) is 9.59. The molecule has 0 spiro atoms. The normalized spacial score (nSPS) is 34.1. The third kappa shape index (κ3) is 10.4. The van der Waals surface area contributed by atoms with Crippen LogP contribution in [-0.4, -0.2) is 116 Å². The molecule has 16 heteroatoms. The van der Waals surface area contributed by atoms with Gasteiger partial charge in [-0.25, -0.2) is 14.4 Å². The Labute approximate surface area is 412 Å². The van der Waals surface area contributed by atoms with E-state index in [1.165, 1.54) is 24.8 Å². The number of nitrogens with zero attached hydrogens (tertiary/aromatic N) is 1. The Morgan fingerprint density at radius 3 is 1.65 bits per heavy atom. The number of nitrogens with one attached hydrogen (secondary N) is 5. The van der Waals surface area contributed by atoms with Crippen LogP contribution in [0.5, 0.6) is 0 Å². The number of urea groups is 2. The van der Waals surface area contributed by atoms with Gasteiger partial charge in [0.1, 0.15) is 5.60 Å². The number of ether oxygens (including phenoxy) is 1. The van der Waals surface area contributed by atoms with Gasteiger partial charge in [-0.05, 0) is 151 Å². The highest BCUT2D eigenvalue weighted by molar-refractivity contribution is 6.48. The van der Waals surface area contributed by atoms with Crippen molar-refractivity contribution in [2.45, 2.75) is 179 Å². The van der Waals surface area contributed by atoms with Gasteiger partial charge in [0.25, 0.3) is 0 Å². The van der Waals surface area contributed by atoms with Gasteiger partial charge in [-0.1, -0.05) is 88.4 Å². The summed E-state index contributed by atoms with van der Waals surface area (Å²) in [4.78, 5) is 40.3. The summed E-state index contributed by atoms with van der Waals surface area (Å²) in [5.74, 6) is 1.76. The molecule has 4 aliphatic heterocycles. The van der Waals surface area contributed by atoms with E-state index in [-0.39, 0.29) is 64.9 Å². The molecule has 6 saturated carbocycles. The number of benzene rings is 2. The van der Waals surface area contributed by atoms with E-state index in [1.807, 2.05) is 57.2 Å². The highest BCUT2D eigenvalue weighted by Crippen LogP contribution is 2.67. The van der Waals surface area contributed by atoms with Crippen LogP contribution < -0.4 is 26.6 Å². The van der Waals surface area contributed by atoms with Gasteiger partial charge in [0.05, 0.1) is 41.3 Å². The lowest BCUT2D eigenvalue weighted by Gasteiger charge is -2.64. The van der Waals surface area contributed by atoms with Crippen LogP contribution >= 0.6 is 0 Å². The van der Waals surface area contributed by atoms with Crippen LogP contribution in [0.3, 0.4) is 0 Å². The van der Waals surface area contributed by atoms with Crippen molar-refractivity contribution in [3.05, 3.63) is 71.8 Å². The first-order valence-corrected chi connectivity index (χ1v) is 26.3. The molecule has 69 heavy (non-hydrogen) atoms. The molecule has 6 aliphatic carbocycles. The topological polar surface area (TPSA) is 161 Å². The van der Waals surface area contributed by atoms with E-state index in [2.05, 4.69) is 92.4 Å². The fourth-order valence-electron chi connectivity index (χ4n) is 13.7. The minimum Gasteiger partial charge on any atom is -0.444 e. The van der Waals surface area contributed by atoms with Crippen LogP contribution in [0.4, 0.5) is 14.4 Å². The minimum atomic E-state index is -0.551. The zero-order valence-corrected chi connectivity index (χ0v) is 42.8. The Morgan fingerprint density at radius 1 is 0.710 bits per heavy atom. The predicted octanol–water partition coefficient (Wildman–Crippen LogP) is 7.48. The van der Waals surface area contributed by atoms with E-state index >= 15 is 0 Å². The highest BCUT2D eigenvalue weighted by Gasteiger charge is 2.70. The molecule has 4 saturated heterocycles. The summed E-state index contributed by atoms with van der Waals surface area (Å²) >= 11 is 0. The molecule has 14 nitrogen and oxygen atoms in total. The standard InChI is InChI=1S/C29H44BN3O5.C24H36BN3O3/c1-27(2,3)36-26(35)33-14-10-13-21(33)18-31-25(34)32-24(15-19-11-8-7-9-12-19)30-37-23-17-20-16-22(28(20,4)5)29(23,6)38-30;1-23(2)17-13-19(23)24(3)20(14-17)30-25(31-24)21(12-16-8-5-4-6-9-16)28-22(29)27-15-18-10-7-11-26-18/h7-9,11-12,20-24H,10,13-18H2,1-6H3,(H2,31,32,34);4-6,8-9,17-21,26H,7,10-15H2,1-3H3,(H2,27,28,29)/t20-,21-,22-,23+,24-,29-;17-,18-,19-,20+,21-,24-/m00/s1. The van der Waals surface area contributed by atoms with E-state index in [0.717, 1.165) is 44.2 Å². The molecule has 10 aliphatic rings. The van der Waals surface area contributed by atoms with Crippen molar-refractivity contribution in [2.24, 2.45) is 34.5 Å². The van der Waals surface area contributed by atoms with Crippen molar-refractivity contribution >= 4 is 32.4 Å². The molecule has 4 bridgehead atoms. The molecule has 12 rings (SSSR count). The molecule has 0 radical (unpaired) electrons. The molecule has 5 amide bonds. The molecular formula is C53H80B2N6O8. The second-order valence-electron chi connectivity index (χ2n) is 24.2. The quantitative estimate of drug-likeness (QED) is 0.136. The number of hydrogen-bond donors (Lipinski definition) is 5. The Kier molecular flexibility index (Phi) is 14.3. The third-order valence-electron chi connectivity index (χ3n) is 18.0. The summed E-state index contributed by atoms with van der Waals surface area (Å²) < 4.78 is 32.0. The highest BCUT2D eigenvalue weighted by atomic mass is 16.7. The van der Waals surface area contributed by atoms with Crippen LogP contribution in [0.15, 0.2) is 60.7 Å². The minimum absolute atomic E-state index is 0.0493. The lowest BCUT2D eigenvalue weighted by Crippen LogP contribution is -2.65. The summed E-state index contributed by atoms with van der Waals surface area (Å²) in [5.41, 5.74) is 1.67. The maximum Gasteiger partial charge on any atom is 0.482 e. The molecule has 0 aromatic heterocycles. The maximum absolute atomic E-state index is 13.2. The number of likely N-dealkylation sites (tertiary alicyclic amines) is 1. The van der Waals surface area contributed by atoms with Crippen LogP contribution in [0.1, 0.15) is 125 Å². The van der Waals surface area contributed by atoms with Crippen LogP contribution in [0, 0.1) is 34.5 Å². The molecule has 5 N–H and O–H groups in total. The zero-order valence-electron chi connectivity index (χ0n) is 42.8. The van der Waals surface area contributed by atoms with E-state index in [9.17, 15) is 14.4 Å². The lowest BCUT2D eigenvalue weighted by atomic mass is 9.43. The average Bonchev–Trinajstić information content (AvgIpc) is 4.13. The summed E-state index contributed by atoms with van der Waals surface area (Å²) in [5, 5.41) is 15.8. The Hall–Kier alpha value is -3.82. The van der Waals surface area contributed by atoms with Crippen LogP contribution in [0.25, 0.3) is 0 Å². The van der Waals surface area contributed by atoms with Gasteiger partial charge in [-0.2, -0.15) is 0 Å². The average molecular weight is 951 g/mol. The van der Waals surface area contributed by atoms with Crippen molar-refractivity contribution in [2.75, 3.05) is 26.2 Å². The zero-order chi connectivity index (χ0) is 48.9. The van der Waals surface area contributed by atoms with Gasteiger partial charge in [0.15, 0.2) is 0 Å². The number of amides is 5. The monoisotopic (exact) mass is 951 g/mol. The molecule has 376 valence electrons. The second kappa shape index (κ2) is 19.7. The molecule has 2 aromatic rings. The van der Waals surface area contributed by atoms with Gasteiger partial charge in [-0.15, -0.1) is 0 Å². The molecule has 2 aromatic carbocycles. The van der Waals surface area contributed by atoms with Gasteiger partial charge >= 0.3 is 32.4 Å². The molecular weight excluding hydrogens is 870 g/mol. The predicted molar refractivity (Wildman–Crippen MR) is 268 cm³/mol. The Bertz CT molecular complexity index is 2130. The number of hydrogen-bond acceptors (Lipinski definition) is 9. The van der Waals surface area contributed by atoms with E-state index in [4.69, 9.17) is 23.4 Å². The number of carbonyl (C=O) groups excluding carboxylic acids is 3. The third-order valence-corrected chi connectivity index (χ3v) is 18.0. The molecule has 10 fully saturated rings. The lowest BCUT2D eigenvalue weighted by molar-refractivity contribution is -0.199. The first-order valence-electron chi connectivity index (χ1n) is 26.3. The van der Waals surface area contributed by atoms with Gasteiger partial charge in [0.2, 0.25) is 0 Å². The molecule has 0 unspecified atom stereocenters. The maximum atomic E-state index is 13.2. The van der Waals surface area contributed by atoms with Crippen molar-refractivity contribution in [3.8, 4) is 0 Å². The van der Waals surface area contributed by atoms with Crippen molar-refractivity contribution in [1.82, 2.24) is 31.5 Å². The Morgan fingerprint density at radius 2 is 1.20 bits per heavy atom.